The number of rotatable bonds is 4. The molecule has 0 spiro atoms. The van der Waals surface area contributed by atoms with Gasteiger partial charge in [0.1, 0.15) is 0 Å². The molecule has 2 rings (SSSR count). The third-order valence-electron chi connectivity index (χ3n) is 4.21. The molecular formula is C13H24N2OS. The predicted molar refractivity (Wildman–Crippen MR) is 73.5 cm³/mol. The average molecular weight is 256 g/mol. The lowest BCUT2D eigenvalue weighted by Gasteiger charge is -2.27. The van der Waals surface area contributed by atoms with Gasteiger partial charge in [-0.2, -0.15) is 11.8 Å². The predicted octanol–water partition coefficient (Wildman–Crippen LogP) is 2.90. The maximum absolute atomic E-state index is 11.8. The summed E-state index contributed by atoms with van der Waals surface area (Å²) in [5.41, 5.74) is 0. The molecule has 0 aromatic carbocycles. The second kappa shape index (κ2) is 5.98. The minimum atomic E-state index is 0.0391. The van der Waals surface area contributed by atoms with E-state index in [0.717, 1.165) is 19.4 Å². The number of carbonyl (C=O) groups is 1. The van der Waals surface area contributed by atoms with Crippen LogP contribution in [0.5, 0.6) is 0 Å². The standard InChI is InChI=1S/C13H24N2OS/c1-17-13(8-4-5-9-13)10-14-12(16)15-11-6-2-3-7-11/h11H,2-10H2,1H3,(H2,14,15,16). The van der Waals surface area contributed by atoms with Crippen molar-refractivity contribution in [2.45, 2.75) is 62.2 Å². The van der Waals surface area contributed by atoms with E-state index in [1.165, 1.54) is 38.5 Å². The third-order valence-corrected chi connectivity index (χ3v) is 5.63. The number of hydrogen-bond acceptors (Lipinski definition) is 2. The van der Waals surface area contributed by atoms with Crippen LogP contribution in [0.4, 0.5) is 4.79 Å². The lowest BCUT2D eigenvalue weighted by Crippen LogP contribution is -2.46. The van der Waals surface area contributed by atoms with Crippen molar-refractivity contribution in [1.29, 1.82) is 0 Å². The molecule has 0 heterocycles. The van der Waals surface area contributed by atoms with E-state index in [9.17, 15) is 4.79 Å². The van der Waals surface area contributed by atoms with Crippen LogP contribution in [-0.4, -0.2) is 29.6 Å². The van der Waals surface area contributed by atoms with Gasteiger partial charge in [-0.3, -0.25) is 0 Å². The van der Waals surface area contributed by atoms with Gasteiger partial charge in [0.25, 0.3) is 0 Å². The Morgan fingerprint density at radius 1 is 1.24 bits per heavy atom. The summed E-state index contributed by atoms with van der Waals surface area (Å²) in [4.78, 5) is 11.8. The Balaban J connectivity index is 1.71. The molecule has 0 aromatic heterocycles. The molecule has 0 saturated heterocycles. The number of amides is 2. The SMILES string of the molecule is CSC1(CNC(=O)NC2CCCC2)CCCC1. The van der Waals surface area contributed by atoms with Gasteiger partial charge in [0.15, 0.2) is 0 Å². The van der Waals surface area contributed by atoms with Crippen LogP contribution in [0.2, 0.25) is 0 Å². The van der Waals surface area contributed by atoms with E-state index >= 15 is 0 Å². The maximum atomic E-state index is 11.8. The fourth-order valence-electron chi connectivity index (χ4n) is 3.02. The van der Waals surface area contributed by atoms with E-state index in [0.29, 0.717) is 10.8 Å². The number of thioether (sulfide) groups is 1. The van der Waals surface area contributed by atoms with Gasteiger partial charge in [0, 0.05) is 17.3 Å². The normalized spacial score (nSPS) is 23.8. The van der Waals surface area contributed by atoms with Crippen molar-refractivity contribution in [3.05, 3.63) is 0 Å². The van der Waals surface area contributed by atoms with E-state index in [4.69, 9.17) is 0 Å². The molecule has 0 aromatic rings. The van der Waals surface area contributed by atoms with Gasteiger partial charge >= 0.3 is 6.03 Å². The highest BCUT2D eigenvalue weighted by Crippen LogP contribution is 2.39. The summed E-state index contributed by atoms with van der Waals surface area (Å²) < 4.78 is 0.313. The zero-order valence-electron chi connectivity index (χ0n) is 10.8. The summed E-state index contributed by atoms with van der Waals surface area (Å²) in [5.74, 6) is 0. The highest BCUT2D eigenvalue weighted by Gasteiger charge is 2.33. The third kappa shape index (κ3) is 3.54. The monoisotopic (exact) mass is 256 g/mol. The molecular weight excluding hydrogens is 232 g/mol. The summed E-state index contributed by atoms with van der Waals surface area (Å²) in [6.45, 7) is 0.826. The number of urea groups is 1. The molecule has 0 atom stereocenters. The number of hydrogen-bond donors (Lipinski definition) is 2. The van der Waals surface area contributed by atoms with Crippen LogP contribution in [0, 0.1) is 0 Å². The number of nitrogens with one attached hydrogen (secondary N) is 2. The summed E-state index contributed by atoms with van der Waals surface area (Å²) in [5, 5.41) is 6.16. The molecule has 2 saturated carbocycles. The van der Waals surface area contributed by atoms with Crippen LogP contribution in [0.15, 0.2) is 0 Å². The van der Waals surface area contributed by atoms with E-state index in [1.54, 1.807) is 0 Å². The van der Waals surface area contributed by atoms with Crippen LogP contribution in [0.1, 0.15) is 51.4 Å². The first-order valence-electron chi connectivity index (χ1n) is 6.84. The Kier molecular flexibility index (Phi) is 4.60. The first-order chi connectivity index (χ1) is 8.24. The molecule has 98 valence electrons. The fourth-order valence-corrected chi connectivity index (χ4v) is 3.93. The Bertz CT molecular complexity index is 258. The van der Waals surface area contributed by atoms with Crippen LogP contribution in [0.25, 0.3) is 0 Å². The van der Waals surface area contributed by atoms with Gasteiger partial charge in [-0.05, 0) is 31.9 Å². The lowest BCUT2D eigenvalue weighted by molar-refractivity contribution is 0.236. The van der Waals surface area contributed by atoms with Crippen LogP contribution < -0.4 is 10.6 Å². The van der Waals surface area contributed by atoms with E-state index < -0.39 is 0 Å². The molecule has 0 bridgehead atoms. The smallest absolute Gasteiger partial charge is 0.315 e. The summed E-state index contributed by atoms with van der Waals surface area (Å²) in [6.07, 6.45) is 12.1. The van der Waals surface area contributed by atoms with Gasteiger partial charge in [-0.1, -0.05) is 25.7 Å². The Morgan fingerprint density at radius 2 is 1.88 bits per heavy atom. The van der Waals surface area contributed by atoms with Crippen LogP contribution in [-0.2, 0) is 0 Å². The zero-order chi connectivity index (χ0) is 12.1. The highest BCUT2D eigenvalue weighted by atomic mass is 32.2. The van der Waals surface area contributed by atoms with E-state index in [-0.39, 0.29) is 6.03 Å². The molecule has 17 heavy (non-hydrogen) atoms. The molecule has 0 unspecified atom stereocenters. The molecule has 2 aliphatic carbocycles. The average Bonchev–Trinajstić information content (AvgIpc) is 2.98. The van der Waals surface area contributed by atoms with Crippen molar-refractivity contribution >= 4 is 17.8 Å². The van der Waals surface area contributed by atoms with Crippen molar-refractivity contribution in [2.75, 3.05) is 12.8 Å². The largest absolute Gasteiger partial charge is 0.337 e. The number of carbonyl (C=O) groups excluding carboxylic acids is 1. The van der Waals surface area contributed by atoms with Gasteiger partial charge in [-0.25, -0.2) is 4.79 Å². The van der Waals surface area contributed by atoms with Gasteiger partial charge in [-0.15, -0.1) is 0 Å². The first-order valence-corrected chi connectivity index (χ1v) is 8.06. The molecule has 2 fully saturated rings. The van der Waals surface area contributed by atoms with E-state index in [1.807, 2.05) is 11.8 Å². The Morgan fingerprint density at radius 3 is 2.47 bits per heavy atom. The van der Waals surface area contributed by atoms with Gasteiger partial charge in [0.2, 0.25) is 0 Å². The van der Waals surface area contributed by atoms with Crippen molar-refractivity contribution in [1.82, 2.24) is 10.6 Å². The Hall–Kier alpha value is -0.380. The molecule has 0 aliphatic heterocycles. The molecule has 2 amide bonds. The van der Waals surface area contributed by atoms with Crippen LogP contribution in [0.3, 0.4) is 0 Å². The van der Waals surface area contributed by atoms with E-state index in [2.05, 4.69) is 16.9 Å². The topological polar surface area (TPSA) is 41.1 Å². The second-order valence-electron chi connectivity index (χ2n) is 5.40. The summed E-state index contributed by atoms with van der Waals surface area (Å²) >= 11 is 1.92. The van der Waals surface area contributed by atoms with Gasteiger partial charge < -0.3 is 10.6 Å². The second-order valence-corrected chi connectivity index (χ2v) is 6.68. The van der Waals surface area contributed by atoms with Crippen molar-refractivity contribution in [2.24, 2.45) is 0 Å². The fraction of sp³-hybridized carbons (Fsp3) is 0.923. The quantitative estimate of drug-likeness (QED) is 0.812. The zero-order valence-corrected chi connectivity index (χ0v) is 11.6. The minimum Gasteiger partial charge on any atom is -0.337 e. The van der Waals surface area contributed by atoms with Crippen LogP contribution >= 0.6 is 11.8 Å². The lowest BCUT2D eigenvalue weighted by atomic mass is 10.1. The van der Waals surface area contributed by atoms with Gasteiger partial charge in [0.05, 0.1) is 0 Å². The molecule has 4 heteroatoms. The molecule has 3 nitrogen and oxygen atoms in total. The molecule has 0 radical (unpaired) electrons. The summed E-state index contributed by atoms with van der Waals surface area (Å²) in [7, 11) is 0. The van der Waals surface area contributed by atoms with Crippen molar-refractivity contribution in [3.63, 3.8) is 0 Å². The van der Waals surface area contributed by atoms with Crippen molar-refractivity contribution < 1.29 is 4.79 Å². The first kappa shape index (κ1) is 13.1. The van der Waals surface area contributed by atoms with Crippen molar-refractivity contribution in [3.8, 4) is 0 Å². The molecule has 2 aliphatic rings. The Labute approximate surface area is 108 Å². The highest BCUT2D eigenvalue weighted by molar-refractivity contribution is 8.00. The maximum Gasteiger partial charge on any atom is 0.315 e. The summed E-state index contributed by atoms with van der Waals surface area (Å²) in [6, 6.07) is 0.459. The molecule has 2 N–H and O–H groups in total. The minimum absolute atomic E-state index is 0.0391.